The van der Waals surface area contributed by atoms with E-state index in [9.17, 15) is 8.42 Å². The summed E-state index contributed by atoms with van der Waals surface area (Å²) in [5.41, 5.74) is 6.70. The molecule has 1 saturated heterocycles. The Morgan fingerprint density at radius 1 is 1.40 bits per heavy atom. The van der Waals surface area contributed by atoms with E-state index in [4.69, 9.17) is 15.7 Å². The molecule has 0 aromatic heterocycles. The highest BCUT2D eigenvalue weighted by molar-refractivity contribution is 7.88. The highest BCUT2D eigenvalue weighted by atomic mass is 32.2. The molecular formula is C13H17N3O3S. The van der Waals surface area contributed by atoms with Crippen LogP contribution in [0.1, 0.15) is 11.1 Å². The molecule has 2 N–H and O–H groups in total. The lowest BCUT2D eigenvalue weighted by molar-refractivity contribution is 0.00446. The Kier molecular flexibility index (Phi) is 4.73. The van der Waals surface area contributed by atoms with Crippen LogP contribution in [-0.4, -0.2) is 45.1 Å². The SMILES string of the molecule is N#Cc1ccc(CS(=O)(=O)N2CCOC(CN)C2)cc1. The van der Waals surface area contributed by atoms with Gasteiger partial charge in [0.05, 0.1) is 30.1 Å². The lowest BCUT2D eigenvalue weighted by atomic mass is 10.2. The third-order valence-corrected chi connectivity index (χ3v) is 5.01. The van der Waals surface area contributed by atoms with Crippen molar-refractivity contribution in [2.75, 3.05) is 26.2 Å². The van der Waals surface area contributed by atoms with Gasteiger partial charge in [-0.15, -0.1) is 0 Å². The van der Waals surface area contributed by atoms with Gasteiger partial charge < -0.3 is 10.5 Å². The summed E-state index contributed by atoms with van der Waals surface area (Å²) < 4.78 is 31.5. The van der Waals surface area contributed by atoms with Crippen LogP contribution in [0.4, 0.5) is 0 Å². The standard InChI is InChI=1S/C13H17N3O3S/c14-7-11-1-3-12(4-2-11)10-20(17,18)16-5-6-19-13(8-15)9-16/h1-4,13H,5-6,8-10,15H2. The minimum absolute atomic E-state index is 0.0734. The molecule has 1 aromatic carbocycles. The first-order valence-corrected chi connectivity index (χ1v) is 7.94. The van der Waals surface area contributed by atoms with Crippen molar-refractivity contribution < 1.29 is 13.2 Å². The van der Waals surface area contributed by atoms with Gasteiger partial charge in [0.2, 0.25) is 10.0 Å². The number of ether oxygens (including phenoxy) is 1. The van der Waals surface area contributed by atoms with Gasteiger partial charge in [-0.3, -0.25) is 0 Å². The molecular weight excluding hydrogens is 278 g/mol. The predicted octanol–water partition coefficient (Wildman–Crippen LogP) is 0.0476. The molecule has 1 aliphatic heterocycles. The summed E-state index contributed by atoms with van der Waals surface area (Å²) in [6.45, 7) is 1.33. The molecule has 0 bridgehead atoms. The van der Waals surface area contributed by atoms with Crippen molar-refractivity contribution in [1.82, 2.24) is 4.31 Å². The maximum absolute atomic E-state index is 12.3. The minimum Gasteiger partial charge on any atom is -0.374 e. The zero-order valence-electron chi connectivity index (χ0n) is 11.0. The highest BCUT2D eigenvalue weighted by Crippen LogP contribution is 2.15. The number of morpholine rings is 1. The fourth-order valence-corrected chi connectivity index (χ4v) is 3.61. The van der Waals surface area contributed by atoms with E-state index in [0.717, 1.165) is 0 Å². The Morgan fingerprint density at radius 3 is 2.70 bits per heavy atom. The number of nitriles is 1. The number of rotatable bonds is 4. The summed E-state index contributed by atoms with van der Waals surface area (Å²) in [4.78, 5) is 0. The van der Waals surface area contributed by atoms with Crippen LogP contribution in [0.15, 0.2) is 24.3 Å². The van der Waals surface area contributed by atoms with E-state index in [2.05, 4.69) is 0 Å². The smallest absolute Gasteiger partial charge is 0.218 e. The Balaban J connectivity index is 2.08. The van der Waals surface area contributed by atoms with Crippen molar-refractivity contribution in [3.63, 3.8) is 0 Å². The van der Waals surface area contributed by atoms with Crippen LogP contribution in [0.5, 0.6) is 0 Å². The molecule has 1 aromatic rings. The maximum Gasteiger partial charge on any atom is 0.218 e. The van der Waals surface area contributed by atoms with Crippen molar-refractivity contribution in [1.29, 1.82) is 5.26 Å². The third-order valence-electron chi connectivity index (χ3n) is 3.19. The van der Waals surface area contributed by atoms with Gasteiger partial charge in [-0.1, -0.05) is 12.1 Å². The van der Waals surface area contributed by atoms with Gasteiger partial charge in [-0.05, 0) is 17.7 Å². The van der Waals surface area contributed by atoms with Crippen LogP contribution >= 0.6 is 0 Å². The molecule has 1 fully saturated rings. The summed E-state index contributed by atoms with van der Waals surface area (Å²) in [7, 11) is -3.38. The van der Waals surface area contributed by atoms with Gasteiger partial charge >= 0.3 is 0 Å². The predicted molar refractivity (Wildman–Crippen MR) is 74.1 cm³/mol. The molecule has 7 heteroatoms. The average molecular weight is 295 g/mol. The molecule has 0 amide bonds. The van der Waals surface area contributed by atoms with Crippen LogP contribution in [0.2, 0.25) is 0 Å². The van der Waals surface area contributed by atoms with E-state index < -0.39 is 10.0 Å². The molecule has 1 atom stereocenters. The Hall–Kier alpha value is -1.46. The second-order valence-electron chi connectivity index (χ2n) is 4.65. The van der Waals surface area contributed by atoms with E-state index in [-0.39, 0.29) is 11.9 Å². The second-order valence-corrected chi connectivity index (χ2v) is 6.62. The van der Waals surface area contributed by atoms with Crippen molar-refractivity contribution in [2.45, 2.75) is 11.9 Å². The van der Waals surface area contributed by atoms with Gasteiger partial charge in [0.1, 0.15) is 0 Å². The number of nitrogens with two attached hydrogens (primary N) is 1. The number of hydrogen-bond acceptors (Lipinski definition) is 5. The zero-order valence-corrected chi connectivity index (χ0v) is 11.8. The number of benzene rings is 1. The summed E-state index contributed by atoms with van der Waals surface area (Å²) in [6, 6.07) is 8.57. The first-order valence-electron chi connectivity index (χ1n) is 6.33. The monoisotopic (exact) mass is 295 g/mol. The first-order chi connectivity index (χ1) is 9.55. The average Bonchev–Trinajstić information content (AvgIpc) is 2.48. The van der Waals surface area contributed by atoms with E-state index in [1.165, 1.54) is 4.31 Å². The number of hydrogen-bond donors (Lipinski definition) is 1. The molecule has 1 unspecified atom stereocenters. The van der Waals surface area contributed by atoms with Gasteiger partial charge in [0.15, 0.2) is 0 Å². The summed E-state index contributed by atoms with van der Waals surface area (Å²) in [5.74, 6) is -0.0734. The number of nitrogens with zero attached hydrogens (tertiary/aromatic N) is 2. The Labute approximate surface area is 118 Å². The van der Waals surface area contributed by atoms with E-state index in [1.54, 1.807) is 24.3 Å². The molecule has 1 aliphatic rings. The van der Waals surface area contributed by atoms with Crippen molar-refractivity contribution >= 4 is 10.0 Å². The minimum atomic E-state index is -3.38. The first kappa shape index (κ1) is 14.9. The molecule has 0 radical (unpaired) electrons. The highest BCUT2D eigenvalue weighted by Gasteiger charge is 2.28. The van der Waals surface area contributed by atoms with Gasteiger partial charge in [-0.25, -0.2) is 8.42 Å². The topological polar surface area (TPSA) is 96.4 Å². The third kappa shape index (κ3) is 3.55. The van der Waals surface area contributed by atoms with Crippen molar-refractivity contribution in [3.8, 4) is 6.07 Å². The molecule has 1 heterocycles. The Morgan fingerprint density at radius 2 is 2.10 bits per heavy atom. The van der Waals surface area contributed by atoms with Crippen LogP contribution < -0.4 is 5.73 Å². The van der Waals surface area contributed by atoms with Crippen LogP contribution in [0, 0.1) is 11.3 Å². The normalized spacial score (nSPS) is 20.5. The molecule has 0 spiro atoms. The van der Waals surface area contributed by atoms with Crippen LogP contribution in [-0.2, 0) is 20.5 Å². The van der Waals surface area contributed by atoms with Gasteiger partial charge in [0.25, 0.3) is 0 Å². The molecule has 0 aliphatic carbocycles. The maximum atomic E-state index is 12.3. The van der Waals surface area contributed by atoms with Gasteiger partial charge in [0, 0.05) is 19.6 Å². The molecule has 20 heavy (non-hydrogen) atoms. The molecule has 6 nitrogen and oxygen atoms in total. The number of sulfonamides is 1. The fraction of sp³-hybridized carbons (Fsp3) is 0.462. The van der Waals surface area contributed by atoms with Crippen LogP contribution in [0.3, 0.4) is 0 Å². The van der Waals surface area contributed by atoms with Gasteiger partial charge in [-0.2, -0.15) is 9.57 Å². The van der Waals surface area contributed by atoms with E-state index >= 15 is 0 Å². The quantitative estimate of drug-likeness (QED) is 0.846. The van der Waals surface area contributed by atoms with E-state index in [1.807, 2.05) is 6.07 Å². The lowest BCUT2D eigenvalue weighted by Gasteiger charge is -2.31. The largest absolute Gasteiger partial charge is 0.374 e. The molecule has 2 rings (SSSR count). The second kappa shape index (κ2) is 6.33. The summed E-state index contributed by atoms with van der Waals surface area (Å²) >= 11 is 0. The molecule has 108 valence electrons. The Bertz CT molecular complexity index is 592. The zero-order chi connectivity index (χ0) is 14.6. The lowest BCUT2D eigenvalue weighted by Crippen LogP contribution is -2.48. The van der Waals surface area contributed by atoms with Crippen molar-refractivity contribution in [2.24, 2.45) is 5.73 Å². The van der Waals surface area contributed by atoms with Crippen LogP contribution in [0.25, 0.3) is 0 Å². The molecule has 0 saturated carbocycles. The van der Waals surface area contributed by atoms with E-state index in [0.29, 0.717) is 37.4 Å². The van der Waals surface area contributed by atoms with Crippen molar-refractivity contribution in [3.05, 3.63) is 35.4 Å². The summed E-state index contributed by atoms with van der Waals surface area (Å²) in [6.07, 6.45) is -0.237. The summed E-state index contributed by atoms with van der Waals surface area (Å²) in [5, 5.41) is 8.72. The fourth-order valence-electron chi connectivity index (χ4n) is 2.06.